The molecule has 2 atom stereocenters. The Morgan fingerprint density at radius 1 is 1.55 bits per heavy atom. The number of H-pyrrole nitrogens is 1. The van der Waals surface area contributed by atoms with Gasteiger partial charge in [0.1, 0.15) is 12.2 Å². The molecule has 110 valence electrons. The summed E-state index contributed by atoms with van der Waals surface area (Å²) in [6.45, 7) is 4.73. The van der Waals surface area contributed by atoms with E-state index in [1.807, 2.05) is 4.90 Å². The van der Waals surface area contributed by atoms with E-state index < -0.39 is 0 Å². The van der Waals surface area contributed by atoms with Gasteiger partial charge in [-0.15, -0.1) is 0 Å². The Morgan fingerprint density at radius 3 is 2.85 bits per heavy atom. The second-order valence-corrected chi connectivity index (χ2v) is 4.98. The molecule has 0 radical (unpaired) electrons. The van der Waals surface area contributed by atoms with Crippen molar-refractivity contribution in [1.29, 1.82) is 0 Å². The van der Waals surface area contributed by atoms with Crippen LogP contribution in [0.3, 0.4) is 0 Å². The lowest BCUT2D eigenvalue weighted by Crippen LogP contribution is -2.31. The third-order valence-corrected chi connectivity index (χ3v) is 3.86. The normalized spacial score (nSPS) is 22.1. The van der Waals surface area contributed by atoms with E-state index in [1.165, 1.54) is 6.33 Å². The zero-order valence-corrected chi connectivity index (χ0v) is 12.3. The van der Waals surface area contributed by atoms with Crippen LogP contribution in [0.25, 0.3) is 0 Å². The van der Waals surface area contributed by atoms with Crippen LogP contribution in [0, 0.1) is 0 Å². The van der Waals surface area contributed by atoms with Gasteiger partial charge in [-0.1, -0.05) is 19.4 Å². The minimum Gasteiger partial charge on any atom is -0.380 e. The molecular formula is C14H22N4O2. The smallest absolute Gasteiger partial charge is 0.247 e. The van der Waals surface area contributed by atoms with Crippen LogP contribution < -0.4 is 0 Å². The van der Waals surface area contributed by atoms with Crippen molar-refractivity contribution in [2.24, 2.45) is 0 Å². The first kappa shape index (κ1) is 14.7. The van der Waals surface area contributed by atoms with Gasteiger partial charge in [0.2, 0.25) is 5.91 Å². The molecule has 20 heavy (non-hydrogen) atoms. The molecule has 1 aliphatic heterocycles. The van der Waals surface area contributed by atoms with E-state index in [-0.39, 0.29) is 18.1 Å². The number of hydrogen-bond acceptors (Lipinski definition) is 4. The number of ether oxygens (including phenoxy) is 1. The first-order valence-electron chi connectivity index (χ1n) is 7.07. The third-order valence-electron chi connectivity index (χ3n) is 3.86. The van der Waals surface area contributed by atoms with Crippen molar-refractivity contribution in [2.75, 3.05) is 13.7 Å². The first-order chi connectivity index (χ1) is 9.69. The molecule has 2 rings (SSSR count). The number of hydrogen-bond donors (Lipinski definition) is 1. The SMILES string of the molecule is CCC(=CC(=O)N1C[C@H](OC)C[C@H]1c1ncn[nH]1)CC. The fraction of sp³-hybridized carbons (Fsp3) is 0.643. The topological polar surface area (TPSA) is 71.1 Å². The number of rotatable bonds is 5. The summed E-state index contributed by atoms with van der Waals surface area (Å²) in [6, 6.07) is -0.0823. The number of carbonyl (C=O) groups excluding carboxylic acids is 1. The summed E-state index contributed by atoms with van der Waals surface area (Å²) < 4.78 is 5.40. The fourth-order valence-electron chi connectivity index (χ4n) is 2.56. The van der Waals surface area contributed by atoms with Crippen molar-refractivity contribution in [3.8, 4) is 0 Å². The zero-order chi connectivity index (χ0) is 14.5. The van der Waals surface area contributed by atoms with Crippen LogP contribution in [0.15, 0.2) is 18.0 Å². The molecule has 0 aromatic carbocycles. The predicted molar refractivity (Wildman–Crippen MR) is 74.9 cm³/mol. The van der Waals surface area contributed by atoms with Crippen LogP contribution in [0.2, 0.25) is 0 Å². The average molecular weight is 278 g/mol. The van der Waals surface area contributed by atoms with E-state index in [2.05, 4.69) is 29.0 Å². The van der Waals surface area contributed by atoms with E-state index >= 15 is 0 Å². The summed E-state index contributed by atoms with van der Waals surface area (Å²) in [4.78, 5) is 18.5. The van der Waals surface area contributed by atoms with Gasteiger partial charge >= 0.3 is 0 Å². The monoisotopic (exact) mass is 278 g/mol. The van der Waals surface area contributed by atoms with Gasteiger partial charge in [0.15, 0.2) is 0 Å². The minimum atomic E-state index is -0.0823. The number of methoxy groups -OCH3 is 1. The third kappa shape index (κ3) is 3.07. The molecule has 0 unspecified atom stereocenters. The Morgan fingerprint density at radius 2 is 2.30 bits per heavy atom. The molecule has 0 bridgehead atoms. The summed E-state index contributed by atoms with van der Waals surface area (Å²) in [5.41, 5.74) is 1.16. The van der Waals surface area contributed by atoms with Crippen molar-refractivity contribution < 1.29 is 9.53 Å². The van der Waals surface area contributed by atoms with Crippen LogP contribution in [-0.4, -0.2) is 45.7 Å². The highest BCUT2D eigenvalue weighted by Gasteiger charge is 2.37. The van der Waals surface area contributed by atoms with E-state index in [0.717, 1.165) is 30.7 Å². The molecule has 0 saturated carbocycles. The van der Waals surface area contributed by atoms with Crippen LogP contribution in [0.1, 0.15) is 45.0 Å². The van der Waals surface area contributed by atoms with Crippen molar-refractivity contribution in [2.45, 2.75) is 45.3 Å². The average Bonchev–Trinajstić information content (AvgIpc) is 3.12. The van der Waals surface area contributed by atoms with Gasteiger partial charge in [0.05, 0.1) is 12.1 Å². The van der Waals surface area contributed by atoms with E-state index in [9.17, 15) is 4.79 Å². The van der Waals surface area contributed by atoms with E-state index in [1.54, 1.807) is 13.2 Å². The van der Waals surface area contributed by atoms with Crippen LogP contribution in [-0.2, 0) is 9.53 Å². The molecule has 0 aliphatic carbocycles. The van der Waals surface area contributed by atoms with Gasteiger partial charge in [-0.05, 0) is 12.8 Å². The summed E-state index contributed by atoms with van der Waals surface area (Å²) >= 11 is 0. The van der Waals surface area contributed by atoms with E-state index in [0.29, 0.717) is 6.54 Å². The molecule has 1 fully saturated rings. The van der Waals surface area contributed by atoms with Gasteiger partial charge in [-0.3, -0.25) is 9.89 Å². The molecular weight excluding hydrogens is 256 g/mol. The lowest BCUT2D eigenvalue weighted by Gasteiger charge is -2.21. The Balaban J connectivity index is 2.19. The molecule has 0 spiro atoms. The maximum Gasteiger partial charge on any atom is 0.247 e. The second kappa shape index (κ2) is 6.65. The highest BCUT2D eigenvalue weighted by Crippen LogP contribution is 2.31. The molecule has 1 aliphatic rings. The van der Waals surface area contributed by atoms with Gasteiger partial charge in [-0.2, -0.15) is 5.10 Å². The highest BCUT2D eigenvalue weighted by molar-refractivity contribution is 5.88. The van der Waals surface area contributed by atoms with Crippen LogP contribution in [0.4, 0.5) is 0 Å². The highest BCUT2D eigenvalue weighted by atomic mass is 16.5. The molecule has 1 saturated heterocycles. The van der Waals surface area contributed by atoms with Crippen LogP contribution >= 0.6 is 0 Å². The van der Waals surface area contributed by atoms with Crippen molar-refractivity contribution in [3.05, 3.63) is 23.8 Å². The summed E-state index contributed by atoms with van der Waals surface area (Å²) in [7, 11) is 1.68. The summed E-state index contributed by atoms with van der Waals surface area (Å²) in [5, 5.41) is 6.73. The second-order valence-electron chi connectivity index (χ2n) is 4.98. The standard InChI is InChI=1S/C14H22N4O2/c1-4-10(5-2)6-13(19)18-8-11(20-3)7-12(18)14-15-9-16-17-14/h6,9,11-12H,4-5,7-8H2,1-3H3,(H,15,16,17)/t11-,12+/m1/s1. The molecule has 1 aromatic heterocycles. The summed E-state index contributed by atoms with van der Waals surface area (Å²) in [6.07, 6.45) is 5.82. The summed E-state index contributed by atoms with van der Waals surface area (Å²) in [5.74, 6) is 0.755. The number of likely N-dealkylation sites (tertiary alicyclic amines) is 1. The number of aromatic nitrogens is 3. The molecule has 6 heteroatoms. The maximum atomic E-state index is 12.5. The number of nitrogens with zero attached hydrogens (tertiary/aromatic N) is 3. The van der Waals surface area contributed by atoms with Gasteiger partial charge in [0.25, 0.3) is 0 Å². The van der Waals surface area contributed by atoms with Gasteiger partial charge < -0.3 is 9.64 Å². The van der Waals surface area contributed by atoms with Crippen molar-refractivity contribution in [1.82, 2.24) is 20.1 Å². The lowest BCUT2D eigenvalue weighted by atomic mass is 10.1. The molecule has 2 heterocycles. The predicted octanol–water partition coefficient (Wildman–Crippen LogP) is 1.84. The minimum absolute atomic E-state index is 0.0321. The van der Waals surface area contributed by atoms with Crippen molar-refractivity contribution in [3.63, 3.8) is 0 Å². The number of amides is 1. The first-order valence-corrected chi connectivity index (χ1v) is 7.07. The molecule has 6 nitrogen and oxygen atoms in total. The number of nitrogens with one attached hydrogen (secondary N) is 1. The number of carbonyl (C=O) groups is 1. The van der Waals surface area contributed by atoms with E-state index in [4.69, 9.17) is 4.74 Å². The fourth-order valence-corrected chi connectivity index (χ4v) is 2.56. The Bertz CT molecular complexity index is 464. The largest absolute Gasteiger partial charge is 0.380 e. The maximum absolute atomic E-state index is 12.5. The quantitative estimate of drug-likeness (QED) is 0.834. The molecule has 1 amide bonds. The lowest BCUT2D eigenvalue weighted by molar-refractivity contribution is -0.127. The molecule has 1 N–H and O–H groups in total. The van der Waals surface area contributed by atoms with Crippen molar-refractivity contribution >= 4 is 5.91 Å². The zero-order valence-electron chi connectivity index (χ0n) is 12.3. The van der Waals surface area contributed by atoms with Gasteiger partial charge in [-0.25, -0.2) is 4.98 Å². The van der Waals surface area contributed by atoms with Gasteiger partial charge in [0, 0.05) is 26.2 Å². The number of aromatic amines is 1. The Hall–Kier alpha value is -1.69. The Labute approximate surface area is 119 Å². The van der Waals surface area contributed by atoms with Crippen LogP contribution in [0.5, 0.6) is 0 Å². The molecule has 1 aromatic rings. The number of allylic oxidation sites excluding steroid dienone is 1. The Kier molecular flexibility index (Phi) is 4.89.